The van der Waals surface area contributed by atoms with E-state index in [-0.39, 0.29) is 5.69 Å². The maximum atomic E-state index is 10.8. The van der Waals surface area contributed by atoms with Crippen molar-refractivity contribution in [3.05, 3.63) is 34.5 Å². The Kier molecular flexibility index (Phi) is 3.76. The second-order valence-corrected chi connectivity index (χ2v) is 4.30. The standard InChI is InChI=1S/C13H12ClNO4/c1-3-7-4-8(12(18-2)9(14)5-7)11-6-10(13(16)17)15-19-11/h4-6H,3H2,1-2H3,(H,16,17). The summed E-state index contributed by atoms with van der Waals surface area (Å²) in [6.07, 6.45) is 0.788. The van der Waals surface area contributed by atoms with Crippen LogP contribution in [0.5, 0.6) is 5.75 Å². The maximum absolute atomic E-state index is 10.8. The van der Waals surface area contributed by atoms with Crippen molar-refractivity contribution in [2.24, 2.45) is 0 Å². The average molecular weight is 282 g/mol. The lowest BCUT2D eigenvalue weighted by atomic mass is 10.1. The molecule has 1 N–H and O–H groups in total. The third kappa shape index (κ3) is 2.56. The summed E-state index contributed by atoms with van der Waals surface area (Å²) in [6, 6.07) is 4.99. The molecular formula is C13H12ClNO4. The van der Waals surface area contributed by atoms with Gasteiger partial charge in [0.05, 0.1) is 17.7 Å². The Morgan fingerprint density at radius 2 is 2.21 bits per heavy atom. The Hall–Kier alpha value is -2.01. The molecule has 0 aliphatic rings. The molecule has 0 amide bonds. The molecule has 0 fully saturated rings. The lowest BCUT2D eigenvalue weighted by molar-refractivity contribution is 0.0686. The van der Waals surface area contributed by atoms with Gasteiger partial charge in [-0.2, -0.15) is 0 Å². The predicted octanol–water partition coefficient (Wildman–Crippen LogP) is 3.26. The van der Waals surface area contributed by atoms with Gasteiger partial charge in [-0.25, -0.2) is 4.79 Å². The number of hydrogen-bond donors (Lipinski definition) is 1. The summed E-state index contributed by atoms with van der Waals surface area (Å²) in [6.45, 7) is 1.99. The number of halogens is 1. The van der Waals surface area contributed by atoms with E-state index in [1.807, 2.05) is 13.0 Å². The van der Waals surface area contributed by atoms with E-state index in [4.69, 9.17) is 26.0 Å². The van der Waals surface area contributed by atoms with E-state index in [1.165, 1.54) is 13.2 Å². The number of ether oxygens (including phenoxy) is 1. The van der Waals surface area contributed by atoms with Gasteiger partial charge in [0.25, 0.3) is 0 Å². The average Bonchev–Trinajstić information content (AvgIpc) is 2.87. The first-order valence-corrected chi connectivity index (χ1v) is 6.01. The summed E-state index contributed by atoms with van der Waals surface area (Å²) in [5, 5.41) is 12.8. The Bertz CT molecular complexity index is 621. The number of rotatable bonds is 4. The van der Waals surface area contributed by atoms with Gasteiger partial charge in [0.15, 0.2) is 11.5 Å². The van der Waals surface area contributed by atoms with Crippen LogP contribution in [-0.2, 0) is 6.42 Å². The molecule has 0 radical (unpaired) electrons. The summed E-state index contributed by atoms with van der Waals surface area (Å²) < 4.78 is 10.3. The number of carbonyl (C=O) groups is 1. The molecule has 19 heavy (non-hydrogen) atoms. The predicted molar refractivity (Wildman–Crippen MR) is 69.8 cm³/mol. The zero-order valence-electron chi connectivity index (χ0n) is 10.4. The highest BCUT2D eigenvalue weighted by atomic mass is 35.5. The molecule has 1 aromatic heterocycles. The van der Waals surface area contributed by atoms with Gasteiger partial charge in [0, 0.05) is 6.07 Å². The number of nitrogens with zero attached hydrogens (tertiary/aromatic N) is 1. The van der Waals surface area contributed by atoms with Crippen LogP contribution in [0.2, 0.25) is 5.02 Å². The second-order valence-electron chi connectivity index (χ2n) is 3.89. The minimum Gasteiger partial charge on any atom is -0.494 e. The van der Waals surface area contributed by atoms with Crippen LogP contribution in [0.15, 0.2) is 22.7 Å². The molecule has 1 heterocycles. The third-order valence-electron chi connectivity index (χ3n) is 2.71. The number of benzene rings is 1. The number of carboxylic acids is 1. The second kappa shape index (κ2) is 5.32. The van der Waals surface area contributed by atoms with Crippen molar-refractivity contribution in [3.8, 4) is 17.1 Å². The Balaban J connectivity index is 2.58. The summed E-state index contributed by atoms with van der Waals surface area (Å²) in [5.41, 5.74) is 1.43. The van der Waals surface area contributed by atoms with Gasteiger partial charge in [-0.1, -0.05) is 23.7 Å². The smallest absolute Gasteiger partial charge is 0.358 e. The fraction of sp³-hybridized carbons (Fsp3) is 0.231. The first-order valence-electron chi connectivity index (χ1n) is 5.63. The number of aryl methyl sites for hydroxylation is 1. The van der Waals surface area contributed by atoms with Gasteiger partial charge in [-0.3, -0.25) is 0 Å². The summed E-state index contributed by atoms with van der Waals surface area (Å²) in [5.74, 6) is -0.398. The topological polar surface area (TPSA) is 72.6 Å². The lowest BCUT2D eigenvalue weighted by Gasteiger charge is -2.10. The van der Waals surface area contributed by atoms with Crippen LogP contribution in [-0.4, -0.2) is 23.3 Å². The zero-order chi connectivity index (χ0) is 14.0. The summed E-state index contributed by atoms with van der Waals surface area (Å²) in [4.78, 5) is 10.8. The van der Waals surface area contributed by atoms with Crippen molar-refractivity contribution < 1.29 is 19.2 Å². The quantitative estimate of drug-likeness (QED) is 0.931. The van der Waals surface area contributed by atoms with Crippen molar-refractivity contribution in [1.29, 1.82) is 0 Å². The fourth-order valence-corrected chi connectivity index (χ4v) is 2.07. The van der Waals surface area contributed by atoms with E-state index in [0.29, 0.717) is 22.1 Å². The Morgan fingerprint density at radius 3 is 2.74 bits per heavy atom. The molecule has 1 aromatic carbocycles. The molecule has 2 rings (SSSR count). The monoisotopic (exact) mass is 281 g/mol. The number of aromatic nitrogens is 1. The molecule has 0 aliphatic heterocycles. The zero-order valence-corrected chi connectivity index (χ0v) is 11.2. The van der Waals surface area contributed by atoms with Crippen molar-refractivity contribution in [2.75, 3.05) is 7.11 Å². The largest absolute Gasteiger partial charge is 0.494 e. The molecule has 0 unspecified atom stereocenters. The molecule has 6 heteroatoms. The van der Waals surface area contributed by atoms with Crippen LogP contribution in [0.25, 0.3) is 11.3 Å². The van der Waals surface area contributed by atoms with Crippen LogP contribution in [0.3, 0.4) is 0 Å². The number of aromatic carboxylic acids is 1. The molecule has 100 valence electrons. The first kappa shape index (κ1) is 13.4. The minimum atomic E-state index is -1.15. The highest BCUT2D eigenvalue weighted by Gasteiger charge is 2.18. The van der Waals surface area contributed by atoms with Crippen LogP contribution in [0.4, 0.5) is 0 Å². The Labute approximate surface area is 114 Å². The van der Waals surface area contributed by atoms with E-state index in [1.54, 1.807) is 6.07 Å². The van der Waals surface area contributed by atoms with E-state index < -0.39 is 5.97 Å². The van der Waals surface area contributed by atoms with Crippen molar-refractivity contribution in [1.82, 2.24) is 5.16 Å². The molecule has 0 atom stereocenters. The fourth-order valence-electron chi connectivity index (χ4n) is 1.75. The molecule has 0 saturated heterocycles. The van der Waals surface area contributed by atoms with E-state index in [2.05, 4.69) is 5.16 Å². The molecule has 0 saturated carbocycles. The molecule has 0 bridgehead atoms. The molecule has 0 spiro atoms. The normalized spacial score (nSPS) is 10.5. The van der Waals surface area contributed by atoms with Gasteiger partial charge in [-0.15, -0.1) is 0 Å². The van der Waals surface area contributed by atoms with Crippen LogP contribution in [0.1, 0.15) is 23.0 Å². The van der Waals surface area contributed by atoms with Crippen LogP contribution < -0.4 is 4.74 Å². The van der Waals surface area contributed by atoms with E-state index in [9.17, 15) is 4.79 Å². The van der Waals surface area contributed by atoms with Gasteiger partial charge >= 0.3 is 5.97 Å². The third-order valence-corrected chi connectivity index (χ3v) is 2.99. The SMILES string of the molecule is CCc1cc(Cl)c(OC)c(-c2cc(C(=O)O)no2)c1. The van der Waals surface area contributed by atoms with E-state index in [0.717, 1.165) is 12.0 Å². The van der Waals surface area contributed by atoms with Gasteiger partial charge in [0.2, 0.25) is 0 Å². The van der Waals surface area contributed by atoms with Crippen molar-refractivity contribution in [3.63, 3.8) is 0 Å². The molecule has 2 aromatic rings. The summed E-state index contributed by atoms with van der Waals surface area (Å²) >= 11 is 6.13. The highest BCUT2D eigenvalue weighted by Crippen LogP contribution is 2.37. The Morgan fingerprint density at radius 1 is 1.47 bits per heavy atom. The number of carboxylic acid groups (broad SMARTS) is 1. The number of hydrogen-bond acceptors (Lipinski definition) is 4. The van der Waals surface area contributed by atoms with E-state index >= 15 is 0 Å². The molecule has 0 aliphatic carbocycles. The number of methoxy groups -OCH3 is 1. The van der Waals surface area contributed by atoms with Gasteiger partial charge in [-0.05, 0) is 24.1 Å². The lowest BCUT2D eigenvalue weighted by Crippen LogP contribution is -1.94. The van der Waals surface area contributed by atoms with Gasteiger partial charge < -0.3 is 14.4 Å². The van der Waals surface area contributed by atoms with Crippen molar-refractivity contribution >= 4 is 17.6 Å². The maximum Gasteiger partial charge on any atom is 0.358 e. The minimum absolute atomic E-state index is 0.157. The molecular weight excluding hydrogens is 270 g/mol. The summed E-state index contributed by atoms with van der Waals surface area (Å²) in [7, 11) is 1.49. The highest BCUT2D eigenvalue weighted by molar-refractivity contribution is 6.32. The first-order chi connectivity index (χ1) is 9.06. The van der Waals surface area contributed by atoms with Gasteiger partial charge in [0.1, 0.15) is 5.75 Å². The molecule has 5 nitrogen and oxygen atoms in total. The van der Waals surface area contributed by atoms with Crippen LogP contribution in [0, 0.1) is 0 Å². The van der Waals surface area contributed by atoms with Crippen molar-refractivity contribution in [2.45, 2.75) is 13.3 Å². The van der Waals surface area contributed by atoms with Crippen LogP contribution >= 0.6 is 11.6 Å².